The topological polar surface area (TPSA) is 70.6 Å². The maximum atomic E-state index is 13.4. The molecule has 1 aromatic rings. The number of hydrogen-bond donors (Lipinski definition) is 3. The van der Waals surface area contributed by atoms with E-state index in [1.165, 1.54) is 0 Å². The minimum Gasteiger partial charge on any atom is -0.409 e. The van der Waals surface area contributed by atoms with Gasteiger partial charge in [0, 0.05) is 17.1 Å². The molecule has 0 radical (unpaired) electrons. The fraction of sp³-hybridized carbons (Fsp3) is 0.300. The van der Waals surface area contributed by atoms with Gasteiger partial charge in [-0.2, -0.15) is 13.2 Å². The van der Waals surface area contributed by atoms with Gasteiger partial charge >= 0.3 is 6.18 Å². The van der Waals surface area contributed by atoms with E-state index in [1.54, 1.807) is 0 Å². The quantitative estimate of drug-likeness (QED) is 0.254. The first-order chi connectivity index (χ1) is 9.16. The van der Waals surface area contributed by atoms with Crippen molar-refractivity contribution in [3.8, 4) is 0 Å². The second-order valence-electron chi connectivity index (χ2n) is 3.74. The second kappa shape index (κ2) is 6.25. The maximum Gasteiger partial charge on any atom is 0.400 e. The number of anilines is 1. The zero-order chi connectivity index (χ0) is 15.5. The molecule has 0 spiro atoms. The van der Waals surface area contributed by atoms with Crippen LogP contribution in [0.1, 0.15) is 0 Å². The van der Waals surface area contributed by atoms with Crippen molar-refractivity contribution >= 4 is 27.5 Å². The summed E-state index contributed by atoms with van der Waals surface area (Å²) < 4.78 is 64.1. The molecule has 0 aromatic heterocycles. The summed E-state index contributed by atoms with van der Waals surface area (Å²) in [6, 6.07) is 1.40. The van der Waals surface area contributed by atoms with E-state index in [0.29, 0.717) is 6.07 Å². The van der Waals surface area contributed by atoms with Crippen molar-refractivity contribution in [2.75, 3.05) is 11.9 Å². The SMILES string of the molecule is NC(=NO)C(CNc1c(F)cc(F)cc1Br)C(F)(F)F. The maximum absolute atomic E-state index is 13.4. The number of amidine groups is 1. The smallest absolute Gasteiger partial charge is 0.400 e. The molecule has 10 heteroatoms. The van der Waals surface area contributed by atoms with Crippen LogP contribution in [0.3, 0.4) is 0 Å². The third-order valence-corrected chi connectivity index (χ3v) is 2.98. The lowest BCUT2D eigenvalue weighted by molar-refractivity contribution is -0.152. The number of oxime groups is 1. The van der Waals surface area contributed by atoms with Crippen LogP contribution < -0.4 is 11.1 Å². The van der Waals surface area contributed by atoms with Crippen LogP contribution in [0, 0.1) is 17.6 Å². The monoisotopic (exact) mass is 361 g/mol. The molecule has 4 nitrogen and oxygen atoms in total. The average Bonchev–Trinajstić information content (AvgIpc) is 2.30. The molecule has 1 rings (SSSR count). The number of alkyl halides is 3. The molecule has 0 amide bonds. The Bertz CT molecular complexity index is 497. The van der Waals surface area contributed by atoms with E-state index in [9.17, 15) is 22.0 Å². The first-order valence-corrected chi connectivity index (χ1v) is 5.88. The highest BCUT2D eigenvalue weighted by atomic mass is 79.9. The molecular weight excluding hydrogens is 353 g/mol. The Kier molecular flexibility index (Phi) is 5.15. The molecule has 0 saturated heterocycles. The molecule has 0 fully saturated rings. The average molecular weight is 362 g/mol. The van der Waals surface area contributed by atoms with Gasteiger partial charge in [-0.15, -0.1) is 0 Å². The molecular formula is C10H9BrF5N3O. The van der Waals surface area contributed by atoms with E-state index in [4.69, 9.17) is 10.9 Å². The van der Waals surface area contributed by atoms with Crippen LogP contribution in [0.5, 0.6) is 0 Å². The normalized spacial score (nSPS) is 14.2. The lowest BCUT2D eigenvalue weighted by Gasteiger charge is -2.20. The highest BCUT2D eigenvalue weighted by molar-refractivity contribution is 9.10. The van der Waals surface area contributed by atoms with E-state index in [1.807, 2.05) is 0 Å². The van der Waals surface area contributed by atoms with Gasteiger partial charge < -0.3 is 16.3 Å². The molecule has 0 saturated carbocycles. The predicted molar refractivity (Wildman–Crippen MR) is 65.5 cm³/mol. The van der Waals surface area contributed by atoms with Crippen LogP contribution in [0.2, 0.25) is 0 Å². The minimum atomic E-state index is -4.79. The van der Waals surface area contributed by atoms with Gasteiger partial charge in [0.25, 0.3) is 0 Å². The molecule has 20 heavy (non-hydrogen) atoms. The Morgan fingerprint density at radius 1 is 1.40 bits per heavy atom. The van der Waals surface area contributed by atoms with Gasteiger partial charge in [0.05, 0.1) is 5.69 Å². The van der Waals surface area contributed by atoms with Gasteiger partial charge in [-0.25, -0.2) is 8.78 Å². The van der Waals surface area contributed by atoms with Gasteiger partial charge in [0.2, 0.25) is 0 Å². The third-order valence-electron chi connectivity index (χ3n) is 2.36. The largest absolute Gasteiger partial charge is 0.409 e. The van der Waals surface area contributed by atoms with Crippen LogP contribution in [0.25, 0.3) is 0 Å². The number of halogens is 6. The standard InChI is InChI=1S/C10H9BrF5N3O/c11-6-1-4(12)2-7(13)8(6)18-3-5(9(17)19-20)10(14,15)16/h1-2,5,18,20H,3H2,(H2,17,19). The molecule has 1 aromatic carbocycles. The van der Waals surface area contributed by atoms with E-state index in [0.717, 1.165) is 6.07 Å². The van der Waals surface area contributed by atoms with Crippen molar-refractivity contribution in [1.29, 1.82) is 0 Å². The highest BCUT2D eigenvalue weighted by Gasteiger charge is 2.42. The number of hydrogen-bond acceptors (Lipinski definition) is 3. The summed E-state index contributed by atoms with van der Waals surface area (Å²) in [7, 11) is 0. The van der Waals surface area contributed by atoms with E-state index in [2.05, 4.69) is 26.4 Å². The zero-order valence-electron chi connectivity index (χ0n) is 9.68. The molecule has 0 heterocycles. The van der Waals surface area contributed by atoms with Crippen molar-refractivity contribution in [2.24, 2.45) is 16.8 Å². The predicted octanol–water partition coefficient (Wildman–Crippen LogP) is 3.06. The number of nitrogens with two attached hydrogens (primary N) is 1. The van der Waals surface area contributed by atoms with Crippen LogP contribution in [-0.2, 0) is 0 Å². The summed E-state index contributed by atoms with van der Waals surface area (Å²) in [6.07, 6.45) is -4.79. The first-order valence-electron chi connectivity index (χ1n) is 5.09. The van der Waals surface area contributed by atoms with Crippen molar-refractivity contribution in [3.05, 3.63) is 28.2 Å². The summed E-state index contributed by atoms with van der Waals surface area (Å²) in [4.78, 5) is 0. The summed E-state index contributed by atoms with van der Waals surface area (Å²) in [5.41, 5.74) is 4.59. The molecule has 1 atom stereocenters. The molecule has 0 bridgehead atoms. The Morgan fingerprint density at radius 3 is 2.45 bits per heavy atom. The summed E-state index contributed by atoms with van der Waals surface area (Å²) in [5, 5.41) is 12.8. The van der Waals surface area contributed by atoms with Crippen LogP contribution in [-0.4, -0.2) is 23.8 Å². The lowest BCUT2D eigenvalue weighted by atomic mass is 10.1. The van der Waals surface area contributed by atoms with Crippen molar-refractivity contribution in [1.82, 2.24) is 0 Å². The van der Waals surface area contributed by atoms with E-state index < -0.39 is 36.1 Å². The van der Waals surface area contributed by atoms with Crippen LogP contribution in [0.4, 0.5) is 27.6 Å². The van der Waals surface area contributed by atoms with Crippen LogP contribution in [0.15, 0.2) is 21.8 Å². The molecule has 112 valence electrons. The van der Waals surface area contributed by atoms with Crippen molar-refractivity contribution in [3.63, 3.8) is 0 Å². The fourth-order valence-electron chi connectivity index (χ4n) is 1.37. The first kappa shape index (κ1) is 16.5. The summed E-state index contributed by atoms with van der Waals surface area (Å²) >= 11 is 2.82. The van der Waals surface area contributed by atoms with E-state index in [-0.39, 0.29) is 10.2 Å². The Labute approximate surface area is 118 Å². The number of rotatable bonds is 4. The third kappa shape index (κ3) is 3.95. The molecule has 0 aliphatic heterocycles. The van der Waals surface area contributed by atoms with Crippen LogP contribution >= 0.6 is 15.9 Å². The molecule has 4 N–H and O–H groups in total. The second-order valence-corrected chi connectivity index (χ2v) is 4.60. The van der Waals surface area contributed by atoms with E-state index >= 15 is 0 Å². The number of nitrogens with one attached hydrogen (secondary N) is 1. The highest BCUT2D eigenvalue weighted by Crippen LogP contribution is 2.30. The molecule has 0 aliphatic carbocycles. The lowest BCUT2D eigenvalue weighted by Crippen LogP contribution is -2.40. The zero-order valence-corrected chi connectivity index (χ0v) is 11.3. The Morgan fingerprint density at radius 2 is 2.00 bits per heavy atom. The molecule has 0 aliphatic rings. The van der Waals surface area contributed by atoms with Gasteiger partial charge in [0.15, 0.2) is 5.84 Å². The van der Waals surface area contributed by atoms with Gasteiger partial charge in [0.1, 0.15) is 17.6 Å². The van der Waals surface area contributed by atoms with Gasteiger partial charge in [-0.3, -0.25) is 0 Å². The Hall–Kier alpha value is -1.58. The van der Waals surface area contributed by atoms with Gasteiger partial charge in [-0.1, -0.05) is 5.16 Å². The molecule has 1 unspecified atom stereocenters. The minimum absolute atomic E-state index is 0.0876. The number of benzene rings is 1. The van der Waals surface area contributed by atoms with Crippen molar-refractivity contribution < 1.29 is 27.2 Å². The van der Waals surface area contributed by atoms with Crippen molar-refractivity contribution in [2.45, 2.75) is 6.18 Å². The number of nitrogens with zero attached hydrogens (tertiary/aromatic N) is 1. The Balaban J connectivity index is 2.95. The summed E-state index contributed by atoms with van der Waals surface area (Å²) in [6.45, 7) is -0.874. The summed E-state index contributed by atoms with van der Waals surface area (Å²) in [5.74, 6) is -5.34. The fourth-order valence-corrected chi connectivity index (χ4v) is 1.92. The van der Waals surface area contributed by atoms with Gasteiger partial charge in [-0.05, 0) is 22.0 Å².